The predicted octanol–water partition coefficient (Wildman–Crippen LogP) is 11.4. The van der Waals surface area contributed by atoms with E-state index in [-0.39, 0.29) is 0 Å². The molecule has 0 aliphatic heterocycles. The van der Waals surface area contributed by atoms with Crippen LogP contribution >= 0.6 is 0 Å². The van der Waals surface area contributed by atoms with Crippen molar-refractivity contribution in [3.05, 3.63) is 55.7 Å². The Labute approximate surface area is 198 Å². The third kappa shape index (κ3) is 15.2. The summed E-state index contributed by atoms with van der Waals surface area (Å²) in [7, 11) is 0. The molecule has 0 N–H and O–H groups in total. The Balaban J connectivity index is -0.000000380. The highest BCUT2D eigenvalue weighted by molar-refractivity contribution is 5.33. The molecule has 0 heterocycles. The summed E-state index contributed by atoms with van der Waals surface area (Å²) >= 11 is 0. The largest absolute Gasteiger partial charge is 0.0772 e. The van der Waals surface area contributed by atoms with Gasteiger partial charge in [0.05, 0.1) is 0 Å². The third-order valence-corrected chi connectivity index (χ3v) is 6.86. The van der Waals surface area contributed by atoms with Crippen molar-refractivity contribution in [2.45, 2.75) is 132 Å². The van der Waals surface area contributed by atoms with Gasteiger partial charge in [-0.1, -0.05) is 61.1 Å². The summed E-state index contributed by atoms with van der Waals surface area (Å²) in [4.78, 5) is 0. The minimum absolute atomic E-state index is 0.404. The van der Waals surface area contributed by atoms with E-state index < -0.39 is 0 Å². The van der Waals surface area contributed by atoms with Gasteiger partial charge in [-0.15, -0.1) is 0 Å². The van der Waals surface area contributed by atoms with Crippen molar-refractivity contribution < 1.29 is 0 Å². The fraction of sp³-hybridized carbons (Fsp3) is 0.677. The Kier molecular flexibility index (Phi) is 17.2. The first-order chi connectivity index (χ1) is 13.7. The van der Waals surface area contributed by atoms with Crippen LogP contribution in [0.25, 0.3) is 0 Å². The van der Waals surface area contributed by atoms with Gasteiger partial charge in [-0.25, -0.2) is 0 Å². The minimum Gasteiger partial charge on any atom is -0.0772 e. The molecule has 31 heavy (non-hydrogen) atoms. The van der Waals surface area contributed by atoms with Crippen molar-refractivity contribution in [3.63, 3.8) is 0 Å². The van der Waals surface area contributed by atoms with Gasteiger partial charge in [0.25, 0.3) is 0 Å². The maximum atomic E-state index is 2.31. The van der Waals surface area contributed by atoms with Gasteiger partial charge in [0.1, 0.15) is 0 Å². The number of hydrogen-bond donors (Lipinski definition) is 0. The van der Waals surface area contributed by atoms with E-state index >= 15 is 0 Å². The highest BCUT2D eigenvalue weighted by atomic mass is 14.3. The van der Waals surface area contributed by atoms with E-state index in [1.54, 1.807) is 0 Å². The lowest BCUT2D eigenvalue weighted by Crippen LogP contribution is -2.18. The standard InChI is InChI=1S/C11H22.2C10H18/c1-8(2)9(3)10(4)11(5,6)7;2*1-7(2)9(5)10(6)8(3)4/h10H,1-7H3;2*1-6H3. The van der Waals surface area contributed by atoms with E-state index in [4.69, 9.17) is 0 Å². The molecule has 0 aliphatic rings. The van der Waals surface area contributed by atoms with Crippen molar-refractivity contribution in [1.82, 2.24) is 0 Å². The van der Waals surface area contributed by atoms with Crippen LogP contribution in [0.1, 0.15) is 132 Å². The molecule has 0 saturated heterocycles. The molecule has 0 aromatic heterocycles. The first kappa shape index (κ1) is 34.3. The van der Waals surface area contributed by atoms with E-state index in [1.807, 2.05) is 0 Å². The molecule has 0 aliphatic carbocycles. The van der Waals surface area contributed by atoms with Crippen LogP contribution in [0, 0.1) is 11.3 Å². The molecule has 0 fully saturated rings. The normalized spacial score (nSPS) is 10.9. The van der Waals surface area contributed by atoms with Crippen molar-refractivity contribution in [2.75, 3.05) is 0 Å². The molecule has 0 heteroatoms. The van der Waals surface area contributed by atoms with Gasteiger partial charge < -0.3 is 0 Å². The van der Waals surface area contributed by atoms with E-state index in [2.05, 4.69) is 132 Å². The van der Waals surface area contributed by atoms with Crippen LogP contribution in [0.2, 0.25) is 0 Å². The average molecular weight is 431 g/mol. The summed E-state index contributed by atoms with van der Waals surface area (Å²) in [5, 5.41) is 0. The monoisotopic (exact) mass is 430 g/mol. The molecule has 0 aromatic carbocycles. The minimum atomic E-state index is 0.404. The molecule has 0 spiro atoms. The lowest BCUT2D eigenvalue weighted by molar-refractivity contribution is 0.299. The van der Waals surface area contributed by atoms with Gasteiger partial charge in [-0.2, -0.15) is 0 Å². The van der Waals surface area contributed by atoms with Crippen molar-refractivity contribution in [3.8, 4) is 0 Å². The number of rotatable bonds is 3. The molecule has 0 amide bonds. The van der Waals surface area contributed by atoms with Gasteiger partial charge in [-0.3, -0.25) is 0 Å². The van der Waals surface area contributed by atoms with Crippen molar-refractivity contribution >= 4 is 0 Å². The molecule has 0 saturated carbocycles. The molecule has 0 nitrogen and oxygen atoms in total. The topological polar surface area (TPSA) is 0 Å². The van der Waals surface area contributed by atoms with Crippen LogP contribution in [0.15, 0.2) is 55.7 Å². The molecule has 0 bridgehead atoms. The smallest absolute Gasteiger partial charge is 0.0183 e. The van der Waals surface area contributed by atoms with E-state index in [9.17, 15) is 0 Å². The maximum absolute atomic E-state index is 2.31. The highest BCUT2D eigenvalue weighted by Crippen LogP contribution is 2.32. The molecule has 182 valence electrons. The van der Waals surface area contributed by atoms with E-state index in [1.165, 1.54) is 55.7 Å². The molecule has 1 atom stereocenters. The fourth-order valence-electron chi connectivity index (χ4n) is 2.58. The highest BCUT2D eigenvalue weighted by Gasteiger charge is 2.21. The molecular weight excluding hydrogens is 372 g/mol. The molecule has 0 rings (SSSR count). The summed E-state index contributed by atoms with van der Waals surface area (Å²) in [6, 6.07) is 0. The zero-order chi connectivity index (χ0) is 25.9. The fourth-order valence-corrected chi connectivity index (χ4v) is 2.58. The van der Waals surface area contributed by atoms with Crippen LogP contribution in [-0.2, 0) is 0 Å². The second kappa shape index (κ2) is 15.5. The lowest BCUT2D eigenvalue weighted by Gasteiger charge is -2.29. The Morgan fingerprint density at radius 1 is 0.387 bits per heavy atom. The summed E-state index contributed by atoms with van der Waals surface area (Å²) in [5.74, 6) is 0.687. The molecular formula is C31H58. The molecule has 0 aromatic rings. The van der Waals surface area contributed by atoms with Gasteiger partial charge in [0, 0.05) is 0 Å². The maximum Gasteiger partial charge on any atom is -0.0183 e. The Morgan fingerprint density at radius 2 is 0.581 bits per heavy atom. The second-order valence-corrected chi connectivity index (χ2v) is 11.3. The van der Waals surface area contributed by atoms with Crippen molar-refractivity contribution in [1.29, 1.82) is 0 Å². The van der Waals surface area contributed by atoms with E-state index in [0.29, 0.717) is 11.3 Å². The first-order valence-electron chi connectivity index (χ1n) is 11.9. The summed E-state index contributed by atoms with van der Waals surface area (Å²) in [6.45, 7) is 41.8. The van der Waals surface area contributed by atoms with Gasteiger partial charge in [-0.05, 0) is 137 Å². The summed E-state index contributed by atoms with van der Waals surface area (Å²) < 4.78 is 0. The average Bonchev–Trinajstić information content (AvgIpc) is 2.63. The van der Waals surface area contributed by atoms with Gasteiger partial charge in [0.15, 0.2) is 0 Å². The van der Waals surface area contributed by atoms with Crippen LogP contribution in [0.5, 0.6) is 0 Å². The van der Waals surface area contributed by atoms with E-state index in [0.717, 1.165) is 0 Å². The Bertz CT molecular complexity index is 610. The second-order valence-electron chi connectivity index (χ2n) is 11.3. The molecule has 1 unspecified atom stereocenters. The van der Waals surface area contributed by atoms with Crippen molar-refractivity contribution in [2.24, 2.45) is 11.3 Å². The number of hydrogen-bond acceptors (Lipinski definition) is 0. The lowest BCUT2D eigenvalue weighted by atomic mass is 9.77. The Hall–Kier alpha value is -1.30. The zero-order valence-corrected chi connectivity index (χ0v) is 25.1. The Morgan fingerprint density at radius 3 is 0.645 bits per heavy atom. The summed E-state index contributed by atoms with van der Waals surface area (Å²) in [5.41, 5.74) is 14.8. The first-order valence-corrected chi connectivity index (χ1v) is 11.9. The predicted molar refractivity (Wildman–Crippen MR) is 149 cm³/mol. The molecule has 0 radical (unpaired) electrons. The van der Waals surface area contributed by atoms with Gasteiger partial charge in [0.2, 0.25) is 0 Å². The number of allylic oxidation sites excluding steroid dienone is 10. The van der Waals surface area contributed by atoms with Crippen LogP contribution in [-0.4, -0.2) is 0 Å². The van der Waals surface area contributed by atoms with Crippen LogP contribution in [0.3, 0.4) is 0 Å². The summed E-state index contributed by atoms with van der Waals surface area (Å²) in [6.07, 6.45) is 0. The zero-order valence-electron chi connectivity index (χ0n) is 25.1. The van der Waals surface area contributed by atoms with Crippen LogP contribution < -0.4 is 0 Å². The van der Waals surface area contributed by atoms with Gasteiger partial charge >= 0.3 is 0 Å². The van der Waals surface area contributed by atoms with Crippen LogP contribution in [0.4, 0.5) is 0 Å². The quantitative estimate of drug-likeness (QED) is 0.308. The third-order valence-electron chi connectivity index (χ3n) is 6.86. The SMILES string of the molecule is CC(C)=C(C)C(C)=C(C)C.CC(C)=C(C)C(C)=C(C)C.CC(C)=C(C)C(C)C(C)(C)C.